The highest BCUT2D eigenvalue weighted by molar-refractivity contribution is 5.92. The number of nitrogens with one attached hydrogen (secondary N) is 1. The minimum absolute atomic E-state index is 0.314. The van der Waals surface area contributed by atoms with Gasteiger partial charge in [0, 0.05) is 26.2 Å². The van der Waals surface area contributed by atoms with E-state index in [1.165, 1.54) is 0 Å². The van der Waals surface area contributed by atoms with Gasteiger partial charge in [0.05, 0.1) is 5.39 Å². The summed E-state index contributed by atoms with van der Waals surface area (Å²) in [4.78, 5) is 9.25. The molecule has 23 heavy (non-hydrogen) atoms. The molecule has 124 valence electrons. The summed E-state index contributed by atoms with van der Waals surface area (Å²) in [5.74, 6) is -4.46. The van der Waals surface area contributed by atoms with Crippen LogP contribution >= 0.6 is 0 Å². The number of hydrazine groups is 1. The number of hydrogen-bond acceptors (Lipinski definition) is 7. The second-order valence-corrected chi connectivity index (χ2v) is 5.41. The van der Waals surface area contributed by atoms with Gasteiger partial charge in [-0.3, -0.25) is 0 Å². The second kappa shape index (κ2) is 5.70. The summed E-state index contributed by atoms with van der Waals surface area (Å²) in [7, 11) is 1.94. The first-order chi connectivity index (χ1) is 10.9. The van der Waals surface area contributed by atoms with Crippen LogP contribution in [0.1, 0.15) is 0 Å². The summed E-state index contributed by atoms with van der Waals surface area (Å²) in [6.07, 6.45) is 0. The maximum atomic E-state index is 14.6. The second-order valence-electron chi connectivity index (χ2n) is 5.41. The van der Waals surface area contributed by atoms with E-state index in [1.807, 2.05) is 7.05 Å². The highest BCUT2D eigenvalue weighted by atomic mass is 19.2. The van der Waals surface area contributed by atoms with E-state index in [2.05, 4.69) is 20.3 Å². The van der Waals surface area contributed by atoms with Crippen molar-refractivity contribution >= 4 is 28.4 Å². The number of halogens is 3. The minimum Gasteiger partial charge on any atom is -0.383 e. The molecule has 2 aromatic rings. The van der Waals surface area contributed by atoms with Gasteiger partial charge in [0.2, 0.25) is 5.95 Å². The van der Waals surface area contributed by atoms with E-state index in [0.717, 1.165) is 0 Å². The van der Waals surface area contributed by atoms with E-state index < -0.39 is 39.9 Å². The number of nitrogen functional groups attached to an aromatic ring is 2. The number of nitrogens with two attached hydrogens (primary N) is 2. The van der Waals surface area contributed by atoms with E-state index in [9.17, 15) is 13.2 Å². The predicted octanol–water partition coefficient (Wildman–Crippen LogP) is 0.786. The van der Waals surface area contributed by atoms with Gasteiger partial charge in [0.15, 0.2) is 17.5 Å². The summed E-state index contributed by atoms with van der Waals surface area (Å²) in [5, 5.41) is 1.10. The van der Waals surface area contributed by atoms with Crippen LogP contribution in [0, 0.1) is 17.5 Å². The van der Waals surface area contributed by atoms with Gasteiger partial charge in [0.25, 0.3) is 0 Å². The maximum absolute atomic E-state index is 14.6. The number of nitrogens with zero attached hydrogens (tertiary/aromatic N) is 4. The van der Waals surface area contributed by atoms with Crippen molar-refractivity contribution in [3.8, 4) is 0 Å². The molecule has 0 spiro atoms. The molecule has 0 radical (unpaired) electrons. The van der Waals surface area contributed by atoms with E-state index in [1.54, 1.807) is 5.01 Å². The Labute approximate surface area is 130 Å². The van der Waals surface area contributed by atoms with E-state index in [-0.39, 0.29) is 5.95 Å². The van der Waals surface area contributed by atoms with Crippen LogP contribution in [0.2, 0.25) is 0 Å². The third kappa shape index (κ3) is 2.70. The molecule has 1 saturated heterocycles. The molecule has 1 aliphatic heterocycles. The van der Waals surface area contributed by atoms with Gasteiger partial charge in [0.1, 0.15) is 17.0 Å². The molecule has 0 atom stereocenters. The van der Waals surface area contributed by atoms with Crippen LogP contribution in [0.3, 0.4) is 0 Å². The molecular formula is C13H16F3N7. The Kier molecular flexibility index (Phi) is 3.86. The number of hydrogen-bond donors (Lipinski definition) is 3. The van der Waals surface area contributed by atoms with Crippen LogP contribution in [-0.4, -0.2) is 53.1 Å². The summed E-state index contributed by atoms with van der Waals surface area (Å²) in [6.45, 7) is 2.49. The average Bonchev–Trinajstić information content (AvgIpc) is 2.50. The summed E-state index contributed by atoms with van der Waals surface area (Å²) in [6, 6.07) is 0. The summed E-state index contributed by atoms with van der Waals surface area (Å²) < 4.78 is 43.1. The Morgan fingerprint density at radius 3 is 2.26 bits per heavy atom. The van der Waals surface area contributed by atoms with Crippen LogP contribution in [0.5, 0.6) is 0 Å². The summed E-state index contributed by atoms with van der Waals surface area (Å²) >= 11 is 0. The average molecular weight is 327 g/mol. The molecule has 0 saturated carbocycles. The van der Waals surface area contributed by atoms with Crippen LogP contribution < -0.4 is 16.9 Å². The molecular weight excluding hydrogens is 311 g/mol. The number of benzene rings is 1. The first-order valence-electron chi connectivity index (χ1n) is 6.97. The van der Waals surface area contributed by atoms with Crippen molar-refractivity contribution in [2.24, 2.45) is 0 Å². The Hall–Kier alpha value is -2.33. The van der Waals surface area contributed by atoms with Crippen LogP contribution in [0.25, 0.3) is 10.9 Å². The Morgan fingerprint density at radius 2 is 1.61 bits per heavy atom. The molecule has 7 nitrogen and oxygen atoms in total. The highest BCUT2D eigenvalue weighted by Gasteiger charge is 2.26. The lowest BCUT2D eigenvalue weighted by Gasteiger charge is -2.33. The zero-order chi connectivity index (χ0) is 16.7. The van der Waals surface area contributed by atoms with Gasteiger partial charge >= 0.3 is 0 Å². The molecule has 0 bridgehead atoms. The number of piperazine rings is 1. The van der Waals surface area contributed by atoms with Gasteiger partial charge in [-0.15, -0.1) is 0 Å². The van der Waals surface area contributed by atoms with Crippen molar-refractivity contribution in [1.29, 1.82) is 0 Å². The van der Waals surface area contributed by atoms with Crippen LogP contribution in [-0.2, 0) is 0 Å². The fourth-order valence-electron chi connectivity index (χ4n) is 2.48. The van der Waals surface area contributed by atoms with Crippen LogP contribution in [0.15, 0.2) is 0 Å². The molecule has 10 heteroatoms. The number of fused-ring (bicyclic) bond motifs is 1. The van der Waals surface area contributed by atoms with E-state index in [4.69, 9.17) is 11.5 Å². The zero-order valence-corrected chi connectivity index (χ0v) is 12.4. The quantitative estimate of drug-likeness (QED) is 0.702. The van der Waals surface area contributed by atoms with Crippen molar-refractivity contribution in [2.75, 3.05) is 50.1 Å². The largest absolute Gasteiger partial charge is 0.383 e. The predicted molar refractivity (Wildman–Crippen MR) is 80.9 cm³/mol. The van der Waals surface area contributed by atoms with Crippen molar-refractivity contribution in [1.82, 2.24) is 19.9 Å². The zero-order valence-electron chi connectivity index (χ0n) is 12.4. The lowest BCUT2D eigenvalue weighted by atomic mass is 10.1. The van der Waals surface area contributed by atoms with Crippen molar-refractivity contribution in [3.05, 3.63) is 17.5 Å². The first-order valence-corrected chi connectivity index (χ1v) is 6.97. The highest BCUT2D eigenvalue weighted by Crippen LogP contribution is 2.33. The van der Waals surface area contributed by atoms with Crippen molar-refractivity contribution in [3.63, 3.8) is 0 Å². The number of anilines is 3. The fourth-order valence-corrected chi connectivity index (χ4v) is 2.48. The SMILES string of the molecule is CN1CCN(Nc2c(F)c(F)c3c(N)nc(N)nc3c2F)CC1. The van der Waals surface area contributed by atoms with Crippen LogP contribution in [0.4, 0.5) is 30.6 Å². The Bertz CT molecular complexity index is 759. The normalized spacial score (nSPS) is 16.9. The maximum Gasteiger partial charge on any atom is 0.222 e. The fraction of sp³-hybridized carbons (Fsp3) is 0.385. The third-order valence-electron chi connectivity index (χ3n) is 3.79. The number of aromatic nitrogens is 2. The van der Waals surface area contributed by atoms with Gasteiger partial charge < -0.3 is 21.8 Å². The minimum atomic E-state index is -1.37. The van der Waals surface area contributed by atoms with Crippen molar-refractivity contribution in [2.45, 2.75) is 0 Å². The molecule has 0 aliphatic carbocycles. The molecule has 0 unspecified atom stereocenters. The lowest BCUT2D eigenvalue weighted by molar-refractivity contribution is 0.178. The van der Waals surface area contributed by atoms with E-state index in [0.29, 0.717) is 26.2 Å². The molecule has 1 aromatic carbocycles. The smallest absolute Gasteiger partial charge is 0.222 e. The molecule has 5 N–H and O–H groups in total. The standard InChI is InChI=1S/C13H16F3N7/c1-22-2-4-23(5-3-22)21-11-8(15)7(14)6-10(9(11)16)19-13(18)20-12(6)17/h21H,2-5H2,1H3,(H4,17,18,19,20). The lowest BCUT2D eigenvalue weighted by Crippen LogP contribution is -2.47. The molecule has 1 aliphatic rings. The van der Waals surface area contributed by atoms with Gasteiger partial charge in [-0.2, -0.15) is 4.98 Å². The number of rotatable bonds is 2. The number of likely N-dealkylation sites (N-methyl/N-ethyl adjacent to an activating group) is 1. The van der Waals surface area contributed by atoms with Gasteiger partial charge in [-0.05, 0) is 7.05 Å². The summed E-state index contributed by atoms with van der Waals surface area (Å²) in [5.41, 5.74) is 12.4. The first kappa shape index (κ1) is 15.6. The topological polar surface area (TPSA) is 96.3 Å². The third-order valence-corrected chi connectivity index (χ3v) is 3.79. The monoisotopic (exact) mass is 327 g/mol. The molecule has 2 heterocycles. The molecule has 3 rings (SSSR count). The Morgan fingerprint density at radius 1 is 0.957 bits per heavy atom. The van der Waals surface area contributed by atoms with Gasteiger partial charge in [-0.25, -0.2) is 23.2 Å². The van der Waals surface area contributed by atoms with Crippen molar-refractivity contribution < 1.29 is 13.2 Å². The Balaban J connectivity index is 2.07. The molecule has 1 aromatic heterocycles. The van der Waals surface area contributed by atoms with Gasteiger partial charge in [-0.1, -0.05) is 0 Å². The molecule has 0 amide bonds. The molecule has 1 fully saturated rings. The van der Waals surface area contributed by atoms with E-state index >= 15 is 0 Å².